The van der Waals surface area contributed by atoms with Crippen molar-refractivity contribution in [3.8, 4) is 6.07 Å². The van der Waals surface area contributed by atoms with Gasteiger partial charge in [-0.1, -0.05) is 34.8 Å². The van der Waals surface area contributed by atoms with Crippen LogP contribution in [0.3, 0.4) is 0 Å². The third-order valence-corrected chi connectivity index (χ3v) is 3.26. The molecule has 14 heavy (non-hydrogen) atoms. The summed E-state index contributed by atoms with van der Waals surface area (Å²) in [5.74, 6) is 0. The molecule has 1 aromatic carbocycles. The predicted molar refractivity (Wildman–Crippen MR) is 58.0 cm³/mol. The summed E-state index contributed by atoms with van der Waals surface area (Å²) in [6, 6.07) is 5.51. The Bertz CT molecular complexity index is 406. The van der Waals surface area contributed by atoms with Crippen LogP contribution in [0, 0.1) is 11.3 Å². The Morgan fingerprint density at radius 1 is 1.14 bits per heavy atom. The smallest absolute Gasteiger partial charge is 0.0852 e. The Morgan fingerprint density at radius 3 is 2.00 bits per heavy atom. The first-order valence-electron chi connectivity index (χ1n) is 4.15. The number of hydrogen-bond acceptors (Lipinski definition) is 1. The minimum Gasteiger partial charge on any atom is -0.197 e. The second-order valence-corrected chi connectivity index (χ2v) is 4.69. The van der Waals surface area contributed by atoms with Gasteiger partial charge in [0.1, 0.15) is 0 Å². The molecule has 0 saturated heterocycles. The second-order valence-electron chi connectivity index (χ2n) is 3.44. The van der Waals surface area contributed by atoms with E-state index in [1.807, 2.05) is 0 Å². The quantitative estimate of drug-likeness (QED) is 0.728. The SMILES string of the molecule is N#CC1(c2c(Cl)cc(Cl)cc2Cl)CC1. The van der Waals surface area contributed by atoms with Crippen LogP contribution in [0.1, 0.15) is 18.4 Å². The average Bonchev–Trinajstić information content (AvgIpc) is 2.83. The Kier molecular flexibility index (Phi) is 2.39. The molecule has 1 saturated carbocycles. The molecule has 0 bridgehead atoms. The van der Waals surface area contributed by atoms with E-state index in [9.17, 15) is 0 Å². The standard InChI is InChI=1S/C10H6Cl3N/c11-6-3-7(12)9(8(13)4-6)10(5-14)1-2-10/h3-4H,1-2H2. The minimum absolute atomic E-state index is 0.460. The van der Waals surface area contributed by atoms with Gasteiger partial charge in [-0.2, -0.15) is 5.26 Å². The number of hydrogen-bond donors (Lipinski definition) is 0. The zero-order valence-corrected chi connectivity index (χ0v) is 9.42. The van der Waals surface area contributed by atoms with E-state index in [4.69, 9.17) is 40.1 Å². The highest BCUT2D eigenvalue weighted by atomic mass is 35.5. The van der Waals surface area contributed by atoms with Gasteiger partial charge in [-0.3, -0.25) is 0 Å². The summed E-state index contributed by atoms with van der Waals surface area (Å²) in [5, 5.41) is 10.5. The molecule has 0 radical (unpaired) electrons. The van der Waals surface area contributed by atoms with Crippen molar-refractivity contribution in [3.63, 3.8) is 0 Å². The van der Waals surface area contributed by atoms with Crippen molar-refractivity contribution in [2.45, 2.75) is 18.3 Å². The van der Waals surface area contributed by atoms with E-state index in [0.29, 0.717) is 15.1 Å². The molecule has 0 spiro atoms. The number of nitrogens with zero attached hydrogens (tertiary/aromatic N) is 1. The lowest BCUT2D eigenvalue weighted by Gasteiger charge is -2.11. The van der Waals surface area contributed by atoms with Gasteiger partial charge in [-0.05, 0) is 25.0 Å². The van der Waals surface area contributed by atoms with Crippen molar-refractivity contribution in [1.82, 2.24) is 0 Å². The van der Waals surface area contributed by atoms with Crippen molar-refractivity contribution in [3.05, 3.63) is 32.8 Å². The first-order valence-corrected chi connectivity index (χ1v) is 5.29. The first-order chi connectivity index (χ1) is 6.59. The van der Waals surface area contributed by atoms with Crippen LogP contribution in [0.2, 0.25) is 15.1 Å². The molecule has 4 heteroatoms. The normalized spacial score (nSPS) is 17.6. The third kappa shape index (κ3) is 1.48. The van der Waals surface area contributed by atoms with E-state index < -0.39 is 5.41 Å². The van der Waals surface area contributed by atoms with Gasteiger partial charge < -0.3 is 0 Å². The van der Waals surface area contributed by atoms with Gasteiger partial charge in [0.25, 0.3) is 0 Å². The summed E-state index contributed by atoms with van der Waals surface area (Å²) in [6.45, 7) is 0. The van der Waals surface area contributed by atoms with Crippen molar-refractivity contribution < 1.29 is 0 Å². The summed E-state index contributed by atoms with van der Waals surface area (Å²) < 4.78 is 0. The molecule has 1 aromatic rings. The molecule has 0 aliphatic heterocycles. The van der Waals surface area contributed by atoms with Crippen LogP contribution in [0.4, 0.5) is 0 Å². The number of nitriles is 1. The summed E-state index contributed by atoms with van der Waals surface area (Å²) >= 11 is 17.8. The summed E-state index contributed by atoms with van der Waals surface area (Å²) in [7, 11) is 0. The number of halogens is 3. The van der Waals surface area contributed by atoms with E-state index >= 15 is 0 Å². The highest BCUT2D eigenvalue weighted by molar-refractivity contribution is 6.39. The second kappa shape index (κ2) is 3.31. The molecule has 0 amide bonds. The Balaban J connectivity index is 2.60. The van der Waals surface area contributed by atoms with Crippen molar-refractivity contribution >= 4 is 34.8 Å². The average molecular weight is 247 g/mol. The van der Waals surface area contributed by atoms with E-state index in [1.165, 1.54) is 0 Å². The van der Waals surface area contributed by atoms with Gasteiger partial charge in [0.15, 0.2) is 0 Å². The lowest BCUT2D eigenvalue weighted by molar-refractivity contribution is 0.909. The van der Waals surface area contributed by atoms with E-state index in [1.54, 1.807) is 12.1 Å². The molecule has 0 atom stereocenters. The Morgan fingerprint density at radius 2 is 1.64 bits per heavy atom. The van der Waals surface area contributed by atoms with Gasteiger partial charge in [-0.15, -0.1) is 0 Å². The molecule has 0 heterocycles. The topological polar surface area (TPSA) is 23.8 Å². The molecule has 1 aliphatic rings. The van der Waals surface area contributed by atoms with E-state index in [-0.39, 0.29) is 0 Å². The number of rotatable bonds is 1. The summed E-state index contributed by atoms with van der Waals surface area (Å²) in [6.07, 6.45) is 1.65. The lowest BCUT2D eigenvalue weighted by Crippen LogP contribution is -2.04. The molecule has 1 aliphatic carbocycles. The van der Waals surface area contributed by atoms with E-state index in [0.717, 1.165) is 18.4 Å². The van der Waals surface area contributed by atoms with Gasteiger partial charge in [0, 0.05) is 20.6 Å². The van der Waals surface area contributed by atoms with Crippen LogP contribution in [0.5, 0.6) is 0 Å². The van der Waals surface area contributed by atoms with Crippen LogP contribution < -0.4 is 0 Å². The monoisotopic (exact) mass is 245 g/mol. The summed E-state index contributed by atoms with van der Waals surface area (Å²) in [5.41, 5.74) is 0.270. The van der Waals surface area contributed by atoms with Crippen LogP contribution in [-0.2, 0) is 5.41 Å². The van der Waals surface area contributed by atoms with Crippen molar-refractivity contribution in [2.75, 3.05) is 0 Å². The van der Waals surface area contributed by atoms with Crippen molar-refractivity contribution in [1.29, 1.82) is 5.26 Å². The fourth-order valence-corrected chi connectivity index (χ4v) is 2.72. The fraction of sp³-hybridized carbons (Fsp3) is 0.300. The maximum Gasteiger partial charge on any atom is 0.0852 e. The molecule has 1 fully saturated rings. The van der Waals surface area contributed by atoms with Gasteiger partial charge in [0.05, 0.1) is 11.5 Å². The van der Waals surface area contributed by atoms with Crippen LogP contribution in [0.15, 0.2) is 12.1 Å². The third-order valence-electron chi connectivity index (χ3n) is 2.45. The molecule has 0 unspecified atom stereocenters. The molecule has 2 rings (SSSR count). The molecule has 1 nitrogen and oxygen atoms in total. The zero-order valence-electron chi connectivity index (χ0n) is 7.15. The zero-order chi connectivity index (χ0) is 10.3. The predicted octanol–water partition coefficient (Wildman–Crippen LogP) is 4.20. The lowest BCUT2D eigenvalue weighted by atomic mass is 9.98. The van der Waals surface area contributed by atoms with Gasteiger partial charge in [0.2, 0.25) is 0 Å². The van der Waals surface area contributed by atoms with E-state index in [2.05, 4.69) is 6.07 Å². The molecular formula is C10H6Cl3N. The fourth-order valence-electron chi connectivity index (χ4n) is 1.54. The van der Waals surface area contributed by atoms with Gasteiger partial charge in [-0.25, -0.2) is 0 Å². The van der Waals surface area contributed by atoms with Crippen LogP contribution >= 0.6 is 34.8 Å². The maximum atomic E-state index is 9.03. The highest BCUT2D eigenvalue weighted by Crippen LogP contribution is 2.52. The largest absolute Gasteiger partial charge is 0.197 e. The summed E-state index contributed by atoms with van der Waals surface area (Å²) in [4.78, 5) is 0. The Labute approximate surface area is 97.2 Å². The minimum atomic E-state index is -0.460. The molecular weight excluding hydrogens is 240 g/mol. The Hall–Kier alpha value is -0.420. The van der Waals surface area contributed by atoms with Gasteiger partial charge >= 0.3 is 0 Å². The van der Waals surface area contributed by atoms with Crippen molar-refractivity contribution in [2.24, 2.45) is 0 Å². The van der Waals surface area contributed by atoms with Crippen LogP contribution in [-0.4, -0.2) is 0 Å². The number of benzene rings is 1. The molecule has 0 aromatic heterocycles. The van der Waals surface area contributed by atoms with Crippen LogP contribution in [0.25, 0.3) is 0 Å². The molecule has 72 valence electrons. The first kappa shape index (κ1) is 10.1. The molecule has 0 N–H and O–H groups in total. The highest BCUT2D eigenvalue weighted by Gasteiger charge is 2.47. The maximum absolute atomic E-state index is 9.03.